The predicted molar refractivity (Wildman–Crippen MR) is 113 cm³/mol. The monoisotopic (exact) mass is 409 g/mol. The maximum Gasteiger partial charge on any atom is 0.257 e. The van der Waals surface area contributed by atoms with Crippen LogP contribution in [-0.2, 0) is 0 Å². The number of carbonyl (C=O) groups is 1. The molecule has 1 amide bonds. The molecule has 3 aromatic rings. The Morgan fingerprint density at radius 1 is 1.07 bits per heavy atom. The Bertz CT molecular complexity index is 987. The van der Waals surface area contributed by atoms with Gasteiger partial charge in [-0.3, -0.25) is 4.79 Å². The molecular weight excluding hydrogens is 386 g/mol. The Kier molecular flexibility index (Phi) is 5.76. The summed E-state index contributed by atoms with van der Waals surface area (Å²) < 4.78 is 10.6. The number of rotatable bonds is 5. The fourth-order valence-corrected chi connectivity index (χ4v) is 4.58. The lowest BCUT2D eigenvalue weighted by Crippen LogP contribution is -2.39. The van der Waals surface area contributed by atoms with Crippen LogP contribution in [0, 0.1) is 0 Å². The Hall–Kier alpha value is -2.93. The van der Waals surface area contributed by atoms with E-state index in [1.807, 2.05) is 53.4 Å². The van der Waals surface area contributed by atoms with Gasteiger partial charge < -0.3 is 14.4 Å². The summed E-state index contributed by atoms with van der Waals surface area (Å²) in [4.78, 5) is 14.9. The molecule has 1 aromatic heterocycles. The van der Waals surface area contributed by atoms with E-state index < -0.39 is 0 Å². The van der Waals surface area contributed by atoms with Crippen molar-refractivity contribution >= 4 is 17.2 Å². The molecule has 2 heterocycles. The molecule has 0 saturated carbocycles. The molecule has 1 aliphatic heterocycles. The molecule has 7 heteroatoms. The number of ether oxygens (including phenoxy) is 2. The largest absolute Gasteiger partial charge is 0.497 e. The molecular formula is C22H23N3O3S. The third-order valence-corrected chi connectivity index (χ3v) is 6.31. The minimum atomic E-state index is 0.00652. The highest BCUT2D eigenvalue weighted by Crippen LogP contribution is 2.34. The number of methoxy groups -OCH3 is 2. The van der Waals surface area contributed by atoms with Gasteiger partial charge in [-0.15, -0.1) is 10.2 Å². The molecule has 1 fully saturated rings. The standard InChI is InChI=1S/C22H23N3O3S/c1-27-17-11-9-15(10-12-17)20-23-24-21(29-20)16-6-5-13-25(14-16)22(26)18-7-3-4-8-19(18)28-2/h3-4,7-12,16H,5-6,13-14H2,1-2H3. The summed E-state index contributed by atoms with van der Waals surface area (Å²) in [5.74, 6) is 1.63. The number of aromatic nitrogens is 2. The fourth-order valence-electron chi connectivity index (χ4n) is 3.60. The number of benzene rings is 2. The van der Waals surface area contributed by atoms with Crippen LogP contribution in [0.15, 0.2) is 48.5 Å². The maximum absolute atomic E-state index is 13.0. The van der Waals surface area contributed by atoms with Gasteiger partial charge in [-0.2, -0.15) is 0 Å². The van der Waals surface area contributed by atoms with Gasteiger partial charge in [0.15, 0.2) is 0 Å². The van der Waals surface area contributed by atoms with E-state index in [1.54, 1.807) is 25.6 Å². The summed E-state index contributed by atoms with van der Waals surface area (Å²) in [5.41, 5.74) is 1.62. The molecule has 4 rings (SSSR count). The minimum Gasteiger partial charge on any atom is -0.497 e. The lowest BCUT2D eigenvalue weighted by atomic mass is 9.98. The molecule has 2 aromatic carbocycles. The minimum absolute atomic E-state index is 0.00652. The van der Waals surface area contributed by atoms with Crippen molar-refractivity contribution in [3.05, 3.63) is 59.1 Å². The first-order valence-electron chi connectivity index (χ1n) is 9.59. The van der Waals surface area contributed by atoms with Crippen LogP contribution in [0.4, 0.5) is 0 Å². The second kappa shape index (κ2) is 8.61. The van der Waals surface area contributed by atoms with E-state index in [-0.39, 0.29) is 11.8 Å². The number of para-hydroxylation sites is 1. The van der Waals surface area contributed by atoms with Crippen LogP contribution in [0.1, 0.15) is 34.1 Å². The summed E-state index contributed by atoms with van der Waals surface area (Å²) in [7, 11) is 3.24. The second-order valence-corrected chi connectivity index (χ2v) is 7.97. The van der Waals surface area contributed by atoms with Gasteiger partial charge in [-0.05, 0) is 49.2 Å². The van der Waals surface area contributed by atoms with Gasteiger partial charge in [0.2, 0.25) is 0 Å². The number of carbonyl (C=O) groups excluding carboxylic acids is 1. The normalized spacial score (nSPS) is 16.5. The van der Waals surface area contributed by atoms with E-state index in [9.17, 15) is 4.79 Å². The average molecular weight is 410 g/mol. The quantitative estimate of drug-likeness (QED) is 0.631. The Morgan fingerprint density at radius 2 is 1.86 bits per heavy atom. The van der Waals surface area contributed by atoms with Crippen molar-refractivity contribution in [3.63, 3.8) is 0 Å². The third kappa shape index (κ3) is 4.10. The van der Waals surface area contributed by atoms with E-state index >= 15 is 0 Å². The van der Waals surface area contributed by atoms with Crippen molar-refractivity contribution in [3.8, 4) is 22.1 Å². The fraction of sp³-hybridized carbons (Fsp3) is 0.318. The van der Waals surface area contributed by atoms with Crippen LogP contribution in [0.25, 0.3) is 10.6 Å². The van der Waals surface area contributed by atoms with Crippen molar-refractivity contribution in [2.75, 3.05) is 27.3 Å². The lowest BCUT2D eigenvalue weighted by molar-refractivity contribution is 0.0703. The highest BCUT2D eigenvalue weighted by Gasteiger charge is 2.29. The molecule has 0 spiro atoms. The van der Waals surface area contributed by atoms with Gasteiger partial charge in [-0.1, -0.05) is 23.5 Å². The van der Waals surface area contributed by atoms with Gasteiger partial charge in [-0.25, -0.2) is 0 Å². The number of hydrogen-bond acceptors (Lipinski definition) is 6. The molecule has 29 heavy (non-hydrogen) atoms. The summed E-state index contributed by atoms with van der Waals surface area (Å²) >= 11 is 1.60. The Balaban J connectivity index is 1.50. The Morgan fingerprint density at radius 3 is 2.62 bits per heavy atom. The van der Waals surface area contributed by atoms with E-state index in [0.717, 1.165) is 40.7 Å². The number of likely N-dealkylation sites (tertiary alicyclic amines) is 1. The smallest absolute Gasteiger partial charge is 0.257 e. The maximum atomic E-state index is 13.0. The topological polar surface area (TPSA) is 64.6 Å². The van der Waals surface area contributed by atoms with Crippen LogP contribution < -0.4 is 9.47 Å². The number of nitrogens with zero attached hydrogens (tertiary/aromatic N) is 3. The molecule has 150 valence electrons. The summed E-state index contributed by atoms with van der Waals surface area (Å²) in [5, 5.41) is 10.7. The van der Waals surface area contributed by atoms with E-state index in [2.05, 4.69) is 10.2 Å². The molecule has 1 unspecified atom stereocenters. The van der Waals surface area contributed by atoms with Crippen LogP contribution in [-0.4, -0.2) is 48.3 Å². The van der Waals surface area contributed by atoms with Crippen LogP contribution >= 0.6 is 11.3 Å². The Labute approximate surface area is 174 Å². The van der Waals surface area contributed by atoms with Gasteiger partial charge in [0.25, 0.3) is 5.91 Å². The SMILES string of the molecule is COc1ccc(-c2nnc(C3CCCN(C(=O)c4ccccc4OC)C3)s2)cc1. The van der Waals surface area contributed by atoms with E-state index in [0.29, 0.717) is 17.9 Å². The predicted octanol–water partition coefficient (Wildman–Crippen LogP) is 4.24. The molecule has 0 N–H and O–H groups in total. The molecule has 0 bridgehead atoms. The molecule has 1 aliphatic rings. The van der Waals surface area contributed by atoms with E-state index in [4.69, 9.17) is 9.47 Å². The van der Waals surface area contributed by atoms with Crippen LogP contribution in [0.3, 0.4) is 0 Å². The van der Waals surface area contributed by atoms with Crippen LogP contribution in [0.2, 0.25) is 0 Å². The second-order valence-electron chi connectivity index (χ2n) is 6.96. The molecule has 6 nitrogen and oxygen atoms in total. The third-order valence-electron chi connectivity index (χ3n) is 5.17. The van der Waals surface area contributed by atoms with Crippen molar-refractivity contribution in [1.82, 2.24) is 15.1 Å². The zero-order chi connectivity index (χ0) is 20.2. The van der Waals surface area contributed by atoms with Crippen molar-refractivity contribution in [2.45, 2.75) is 18.8 Å². The molecule has 0 radical (unpaired) electrons. The zero-order valence-electron chi connectivity index (χ0n) is 16.5. The average Bonchev–Trinajstić information content (AvgIpc) is 3.29. The zero-order valence-corrected chi connectivity index (χ0v) is 17.3. The number of hydrogen-bond donors (Lipinski definition) is 0. The number of amides is 1. The van der Waals surface area contributed by atoms with Crippen LogP contribution in [0.5, 0.6) is 11.5 Å². The first kappa shape index (κ1) is 19.4. The number of piperidine rings is 1. The van der Waals surface area contributed by atoms with E-state index in [1.165, 1.54) is 0 Å². The first-order chi connectivity index (χ1) is 14.2. The molecule has 0 aliphatic carbocycles. The van der Waals surface area contributed by atoms with Crippen molar-refractivity contribution in [2.24, 2.45) is 0 Å². The highest BCUT2D eigenvalue weighted by atomic mass is 32.1. The first-order valence-corrected chi connectivity index (χ1v) is 10.4. The molecule has 1 saturated heterocycles. The lowest BCUT2D eigenvalue weighted by Gasteiger charge is -2.32. The van der Waals surface area contributed by atoms with Gasteiger partial charge in [0, 0.05) is 24.6 Å². The van der Waals surface area contributed by atoms with Gasteiger partial charge in [0.05, 0.1) is 19.8 Å². The summed E-state index contributed by atoms with van der Waals surface area (Å²) in [6.07, 6.45) is 1.95. The summed E-state index contributed by atoms with van der Waals surface area (Å²) in [6.45, 7) is 1.39. The molecule has 1 atom stereocenters. The van der Waals surface area contributed by atoms with Crippen molar-refractivity contribution < 1.29 is 14.3 Å². The van der Waals surface area contributed by atoms with Gasteiger partial charge in [0.1, 0.15) is 21.5 Å². The van der Waals surface area contributed by atoms with Crippen molar-refractivity contribution in [1.29, 1.82) is 0 Å². The highest BCUT2D eigenvalue weighted by molar-refractivity contribution is 7.14. The summed E-state index contributed by atoms with van der Waals surface area (Å²) in [6, 6.07) is 15.2. The van der Waals surface area contributed by atoms with Gasteiger partial charge >= 0.3 is 0 Å².